The molecule has 1 unspecified atom stereocenters. The van der Waals surface area contributed by atoms with Crippen molar-refractivity contribution in [1.29, 1.82) is 0 Å². The minimum atomic E-state index is -0.849. The van der Waals surface area contributed by atoms with Gasteiger partial charge in [0.2, 0.25) is 0 Å². The van der Waals surface area contributed by atoms with Crippen molar-refractivity contribution in [2.75, 3.05) is 0 Å². The van der Waals surface area contributed by atoms with Gasteiger partial charge in [-0.25, -0.2) is 9.37 Å². The van der Waals surface area contributed by atoms with Gasteiger partial charge in [0.1, 0.15) is 11.0 Å². The lowest BCUT2D eigenvalue weighted by Crippen LogP contribution is -2.04. The number of hydrogen-bond acceptors (Lipinski definition) is 2. The number of rotatable bonds is 3. The SMILES string of the molecule is OC(Cc1cccc(Cl)c1F)c1ccnc(Cl)c1. The third-order valence-corrected chi connectivity index (χ3v) is 3.08. The quantitative estimate of drug-likeness (QED) is 0.870. The Labute approximate surface area is 114 Å². The second-order valence-corrected chi connectivity index (χ2v) is 4.64. The molecular formula is C13H10Cl2FNO. The average molecular weight is 286 g/mol. The summed E-state index contributed by atoms with van der Waals surface area (Å²) in [5, 5.41) is 10.4. The fourth-order valence-electron chi connectivity index (χ4n) is 1.66. The van der Waals surface area contributed by atoms with Gasteiger partial charge in [0.15, 0.2) is 0 Å². The van der Waals surface area contributed by atoms with Crippen LogP contribution in [0.4, 0.5) is 4.39 Å². The summed E-state index contributed by atoms with van der Waals surface area (Å²) in [6, 6.07) is 7.89. The van der Waals surface area contributed by atoms with Crippen molar-refractivity contribution >= 4 is 23.2 Å². The third-order valence-electron chi connectivity index (χ3n) is 2.58. The van der Waals surface area contributed by atoms with Gasteiger partial charge in [-0.2, -0.15) is 0 Å². The minimum absolute atomic E-state index is 0.0486. The second kappa shape index (κ2) is 5.65. The van der Waals surface area contributed by atoms with Crippen LogP contribution in [0.15, 0.2) is 36.5 Å². The van der Waals surface area contributed by atoms with E-state index in [-0.39, 0.29) is 16.6 Å². The van der Waals surface area contributed by atoms with E-state index < -0.39 is 11.9 Å². The third kappa shape index (κ3) is 2.99. The highest BCUT2D eigenvalue weighted by Gasteiger charge is 2.13. The van der Waals surface area contributed by atoms with E-state index in [1.54, 1.807) is 24.3 Å². The summed E-state index contributed by atoms with van der Waals surface area (Å²) in [6.45, 7) is 0. The highest BCUT2D eigenvalue weighted by atomic mass is 35.5. The van der Waals surface area contributed by atoms with E-state index in [0.717, 1.165) is 0 Å². The topological polar surface area (TPSA) is 33.1 Å². The lowest BCUT2D eigenvalue weighted by Gasteiger charge is -2.12. The predicted octanol–water partition coefficient (Wildman–Crippen LogP) is 3.80. The summed E-state index contributed by atoms with van der Waals surface area (Å²) in [4.78, 5) is 3.82. The molecule has 2 aromatic rings. The Morgan fingerprint density at radius 2 is 2.06 bits per heavy atom. The van der Waals surface area contributed by atoms with Crippen LogP contribution in [0.1, 0.15) is 17.2 Å². The van der Waals surface area contributed by atoms with E-state index in [9.17, 15) is 9.50 Å². The molecule has 1 heterocycles. The van der Waals surface area contributed by atoms with Crippen molar-refractivity contribution in [2.24, 2.45) is 0 Å². The highest BCUT2D eigenvalue weighted by molar-refractivity contribution is 6.30. The Hall–Kier alpha value is -1.16. The maximum atomic E-state index is 13.7. The number of hydrogen-bond donors (Lipinski definition) is 1. The van der Waals surface area contributed by atoms with Crippen molar-refractivity contribution in [3.05, 3.63) is 63.6 Å². The zero-order chi connectivity index (χ0) is 13.1. The fraction of sp³-hybridized carbons (Fsp3) is 0.154. The molecule has 0 saturated heterocycles. The van der Waals surface area contributed by atoms with E-state index >= 15 is 0 Å². The number of halogens is 3. The van der Waals surface area contributed by atoms with Crippen molar-refractivity contribution < 1.29 is 9.50 Å². The van der Waals surface area contributed by atoms with Crippen LogP contribution < -0.4 is 0 Å². The lowest BCUT2D eigenvalue weighted by atomic mass is 10.0. The smallest absolute Gasteiger partial charge is 0.145 e. The molecule has 0 bridgehead atoms. The number of aliphatic hydroxyl groups is 1. The van der Waals surface area contributed by atoms with Crippen LogP contribution in [-0.4, -0.2) is 10.1 Å². The molecule has 0 amide bonds. The molecule has 94 valence electrons. The summed E-state index contributed by atoms with van der Waals surface area (Å²) in [5.74, 6) is -0.502. The monoisotopic (exact) mass is 285 g/mol. The Morgan fingerprint density at radius 3 is 2.78 bits per heavy atom. The molecule has 0 radical (unpaired) electrons. The molecule has 1 atom stereocenters. The van der Waals surface area contributed by atoms with Crippen molar-refractivity contribution in [2.45, 2.75) is 12.5 Å². The Kier molecular flexibility index (Phi) is 4.17. The molecular weight excluding hydrogens is 276 g/mol. The van der Waals surface area contributed by atoms with Gasteiger partial charge in [-0.15, -0.1) is 0 Å². The van der Waals surface area contributed by atoms with Gasteiger partial charge in [-0.05, 0) is 29.3 Å². The van der Waals surface area contributed by atoms with Gasteiger partial charge in [0.05, 0.1) is 11.1 Å². The van der Waals surface area contributed by atoms with Gasteiger partial charge in [-0.1, -0.05) is 35.3 Å². The van der Waals surface area contributed by atoms with Gasteiger partial charge in [0.25, 0.3) is 0 Å². The normalized spacial score (nSPS) is 12.4. The molecule has 1 N–H and O–H groups in total. The summed E-state index contributed by atoms with van der Waals surface area (Å²) in [7, 11) is 0. The number of nitrogens with zero attached hydrogens (tertiary/aromatic N) is 1. The Morgan fingerprint density at radius 1 is 1.28 bits per heavy atom. The number of pyridine rings is 1. The van der Waals surface area contributed by atoms with Crippen molar-refractivity contribution in [1.82, 2.24) is 4.98 Å². The van der Waals surface area contributed by atoms with E-state index in [1.165, 1.54) is 12.3 Å². The molecule has 18 heavy (non-hydrogen) atoms. The number of benzene rings is 1. The largest absolute Gasteiger partial charge is 0.388 e. The van der Waals surface area contributed by atoms with Gasteiger partial charge < -0.3 is 5.11 Å². The molecule has 0 aliphatic heterocycles. The molecule has 2 nitrogen and oxygen atoms in total. The van der Waals surface area contributed by atoms with Crippen molar-refractivity contribution in [3.63, 3.8) is 0 Å². The number of aliphatic hydroxyl groups excluding tert-OH is 1. The second-order valence-electron chi connectivity index (χ2n) is 3.84. The first-order valence-electron chi connectivity index (χ1n) is 5.30. The molecule has 1 aromatic heterocycles. The molecule has 0 aliphatic carbocycles. The van der Waals surface area contributed by atoms with E-state index in [2.05, 4.69) is 4.98 Å². The lowest BCUT2D eigenvalue weighted by molar-refractivity contribution is 0.177. The zero-order valence-electron chi connectivity index (χ0n) is 9.28. The minimum Gasteiger partial charge on any atom is -0.388 e. The van der Waals surface area contributed by atoms with Gasteiger partial charge in [-0.3, -0.25) is 0 Å². The predicted molar refractivity (Wildman–Crippen MR) is 69.3 cm³/mol. The fourth-order valence-corrected chi connectivity index (χ4v) is 2.03. The van der Waals surface area contributed by atoms with Gasteiger partial charge >= 0.3 is 0 Å². The first-order chi connectivity index (χ1) is 8.58. The zero-order valence-corrected chi connectivity index (χ0v) is 10.8. The van der Waals surface area contributed by atoms with Crippen LogP contribution in [0, 0.1) is 5.82 Å². The van der Waals surface area contributed by atoms with Crippen LogP contribution in [0.25, 0.3) is 0 Å². The number of aromatic nitrogens is 1. The van der Waals surface area contributed by atoms with Crippen LogP contribution in [0.5, 0.6) is 0 Å². The summed E-state index contributed by atoms with van der Waals surface area (Å²) in [5.41, 5.74) is 0.956. The highest BCUT2D eigenvalue weighted by Crippen LogP contribution is 2.24. The molecule has 2 rings (SSSR count). The van der Waals surface area contributed by atoms with E-state index in [0.29, 0.717) is 11.1 Å². The Balaban J connectivity index is 2.21. The maximum absolute atomic E-state index is 13.7. The van der Waals surface area contributed by atoms with Gasteiger partial charge in [0, 0.05) is 12.6 Å². The average Bonchev–Trinajstić information content (AvgIpc) is 2.35. The molecule has 0 aliphatic rings. The molecule has 0 spiro atoms. The molecule has 1 aromatic carbocycles. The summed E-state index contributed by atoms with van der Waals surface area (Å²) in [6.07, 6.45) is 0.778. The van der Waals surface area contributed by atoms with E-state index in [1.807, 2.05) is 0 Å². The van der Waals surface area contributed by atoms with Crippen LogP contribution in [-0.2, 0) is 6.42 Å². The maximum Gasteiger partial charge on any atom is 0.145 e. The molecule has 0 fully saturated rings. The van der Waals surface area contributed by atoms with E-state index in [4.69, 9.17) is 23.2 Å². The first-order valence-corrected chi connectivity index (χ1v) is 6.06. The standard InChI is InChI=1S/C13H10Cl2FNO/c14-10-3-1-2-9(13(10)16)6-11(18)8-4-5-17-12(15)7-8/h1-5,7,11,18H,6H2. The summed E-state index contributed by atoms with van der Waals surface area (Å²) < 4.78 is 13.7. The first kappa shape index (κ1) is 13.3. The Bertz CT molecular complexity index is 562. The molecule has 5 heteroatoms. The molecule has 0 saturated carbocycles. The summed E-state index contributed by atoms with van der Waals surface area (Å²) >= 11 is 11.4. The van der Waals surface area contributed by atoms with Crippen LogP contribution in [0.2, 0.25) is 10.2 Å². The van der Waals surface area contributed by atoms with Crippen molar-refractivity contribution in [3.8, 4) is 0 Å². The van der Waals surface area contributed by atoms with Crippen LogP contribution in [0.3, 0.4) is 0 Å². The van der Waals surface area contributed by atoms with Crippen LogP contribution >= 0.6 is 23.2 Å².